The molecule has 0 bridgehead atoms. The normalized spacial score (nSPS) is 22.9. The Bertz CT molecular complexity index is 2690. The first-order chi connectivity index (χ1) is 32.8. The average Bonchev–Trinajstić information content (AvgIpc) is 3.64. The standard InChI is InChI=1S/C48H57ClFN11O7/c1-27(2)61-37-6-4-29(18-28(37)19-40(47(61)66)67-26-42(63)51-3)53-44-36(49)22-52-48(55-44)58-12-10-32(11-13-58)68-33-20-30(21-33)56-14-16-57(17-15-56)31-23-59(24-31)38-7-5-34-35(43(38)50)25-60(46(34)65)39-8-9-41(62)54-45(39)64/h4-7,18-19,22,27,30-33,39H,8-17,20-21,23-26H2,1-3H3,(H,51,63)(H,52,53,55)(H,54,62,64). The van der Waals surface area contributed by atoms with Gasteiger partial charge in [0.25, 0.3) is 17.4 Å². The van der Waals surface area contributed by atoms with E-state index in [9.17, 15) is 24.0 Å². The first kappa shape index (κ1) is 45.9. The quantitative estimate of drug-likeness (QED) is 0.164. The molecule has 5 aliphatic heterocycles. The first-order valence-corrected chi connectivity index (χ1v) is 24.1. The monoisotopic (exact) mass is 953 g/mol. The number of likely N-dealkylation sites (N-methyl/N-ethyl adjacent to an activating group) is 1. The Morgan fingerprint density at radius 3 is 2.37 bits per heavy atom. The van der Waals surface area contributed by atoms with Crippen molar-refractivity contribution >= 4 is 69.3 Å². The number of nitrogens with one attached hydrogen (secondary N) is 3. The van der Waals surface area contributed by atoms with Crippen LogP contribution < -0.4 is 36.0 Å². The van der Waals surface area contributed by atoms with E-state index in [0.717, 1.165) is 88.9 Å². The SMILES string of the molecule is CNC(=O)COc1cc2cc(Nc3nc(N4CCC(OC5CC(N6CCN(C7CN(c8ccc9c(c8F)CN(C8CCC(=O)NC8=O)C9=O)C7)CC6)C5)CC4)ncc3Cl)ccc2n(C(C)C)c1=O. The van der Waals surface area contributed by atoms with Gasteiger partial charge in [0.05, 0.1) is 36.2 Å². The lowest BCUT2D eigenvalue weighted by Crippen LogP contribution is -2.65. The number of hydrogen-bond donors (Lipinski definition) is 3. The van der Waals surface area contributed by atoms with E-state index in [4.69, 9.17) is 26.1 Å². The molecule has 20 heteroatoms. The summed E-state index contributed by atoms with van der Waals surface area (Å²) < 4.78 is 29.8. The van der Waals surface area contributed by atoms with Crippen molar-refractivity contribution in [1.82, 2.24) is 39.9 Å². The molecule has 6 aliphatic rings. The Morgan fingerprint density at radius 2 is 1.66 bits per heavy atom. The van der Waals surface area contributed by atoms with E-state index < -0.39 is 17.8 Å². The highest BCUT2D eigenvalue weighted by atomic mass is 35.5. The van der Waals surface area contributed by atoms with Crippen LogP contribution in [-0.2, 0) is 25.7 Å². The number of aromatic nitrogens is 3. The third-order valence-corrected chi connectivity index (χ3v) is 14.8. The van der Waals surface area contributed by atoms with Crippen LogP contribution in [0.4, 0.5) is 27.5 Å². The molecule has 2 aromatic carbocycles. The number of halogens is 2. The van der Waals surface area contributed by atoms with Crippen LogP contribution in [0.25, 0.3) is 10.9 Å². The summed E-state index contributed by atoms with van der Waals surface area (Å²) in [6.07, 6.45) is 6.23. The van der Waals surface area contributed by atoms with Crippen LogP contribution in [0.15, 0.2) is 47.4 Å². The van der Waals surface area contributed by atoms with Crippen LogP contribution in [0, 0.1) is 5.82 Å². The van der Waals surface area contributed by atoms with Crippen molar-refractivity contribution in [2.75, 3.05) is 81.1 Å². The summed E-state index contributed by atoms with van der Waals surface area (Å²) in [6, 6.07) is 10.6. The molecule has 3 N–H and O–H groups in total. The van der Waals surface area contributed by atoms with Gasteiger partial charge in [-0.3, -0.25) is 39.1 Å². The minimum Gasteiger partial charge on any atom is -0.478 e. The number of nitrogens with zero attached hydrogens (tertiary/aromatic N) is 8. The molecule has 1 unspecified atom stereocenters. The van der Waals surface area contributed by atoms with Crippen LogP contribution in [0.2, 0.25) is 5.02 Å². The first-order valence-electron chi connectivity index (χ1n) is 23.7. The molecule has 1 atom stereocenters. The van der Waals surface area contributed by atoms with Crippen LogP contribution >= 0.6 is 11.6 Å². The summed E-state index contributed by atoms with van der Waals surface area (Å²) >= 11 is 6.61. The fourth-order valence-electron chi connectivity index (χ4n) is 10.6. The lowest BCUT2D eigenvalue weighted by molar-refractivity contribution is -0.137. The van der Waals surface area contributed by atoms with Crippen LogP contribution in [0.5, 0.6) is 5.75 Å². The Kier molecular flexibility index (Phi) is 12.7. The van der Waals surface area contributed by atoms with E-state index >= 15 is 4.39 Å². The topological polar surface area (TPSA) is 187 Å². The average molecular weight is 955 g/mol. The van der Waals surface area contributed by atoms with E-state index in [1.807, 2.05) is 36.9 Å². The number of fused-ring (bicyclic) bond motifs is 2. The molecule has 4 amide bonds. The zero-order valence-corrected chi connectivity index (χ0v) is 39.3. The zero-order chi connectivity index (χ0) is 47.4. The number of benzene rings is 2. The molecular formula is C48H57ClFN11O7. The van der Waals surface area contributed by atoms with Gasteiger partial charge >= 0.3 is 0 Å². The minimum absolute atomic E-state index is 0.0246. The summed E-state index contributed by atoms with van der Waals surface area (Å²) in [5, 5.41) is 9.26. The summed E-state index contributed by atoms with van der Waals surface area (Å²) in [6.45, 7) is 10.5. The zero-order valence-electron chi connectivity index (χ0n) is 38.5. The van der Waals surface area contributed by atoms with Crippen molar-refractivity contribution in [3.05, 3.63) is 74.9 Å². The van der Waals surface area contributed by atoms with Gasteiger partial charge in [-0.05, 0) is 82.3 Å². The molecule has 4 aromatic rings. The number of hydrogen-bond acceptors (Lipinski definition) is 14. The van der Waals surface area contributed by atoms with Crippen molar-refractivity contribution in [1.29, 1.82) is 0 Å². The molecule has 18 nitrogen and oxygen atoms in total. The highest BCUT2D eigenvalue weighted by molar-refractivity contribution is 6.33. The number of piperidine rings is 2. The van der Waals surface area contributed by atoms with Gasteiger partial charge in [-0.2, -0.15) is 4.98 Å². The van der Waals surface area contributed by atoms with E-state index in [1.165, 1.54) is 11.9 Å². The fraction of sp³-hybridized carbons (Fsp3) is 0.521. The highest BCUT2D eigenvalue weighted by Crippen LogP contribution is 2.37. The molecular weight excluding hydrogens is 897 g/mol. The number of ether oxygens (including phenoxy) is 2. The second kappa shape index (κ2) is 18.9. The molecule has 1 saturated carbocycles. The number of amides is 4. The lowest BCUT2D eigenvalue weighted by Gasteiger charge is -2.52. The lowest BCUT2D eigenvalue weighted by atomic mass is 9.86. The Balaban J connectivity index is 0.662. The predicted octanol–water partition coefficient (Wildman–Crippen LogP) is 3.82. The van der Waals surface area contributed by atoms with Gasteiger partial charge in [0, 0.05) is 106 Å². The van der Waals surface area contributed by atoms with Gasteiger partial charge in [-0.1, -0.05) is 11.6 Å². The van der Waals surface area contributed by atoms with Crippen molar-refractivity contribution in [2.24, 2.45) is 0 Å². The number of imide groups is 1. The molecule has 5 fully saturated rings. The van der Waals surface area contributed by atoms with Gasteiger partial charge in [-0.15, -0.1) is 0 Å². The van der Waals surface area contributed by atoms with Crippen LogP contribution in [0.3, 0.4) is 0 Å². The van der Waals surface area contributed by atoms with Crippen LogP contribution in [-0.4, -0.2) is 149 Å². The smallest absolute Gasteiger partial charge is 0.293 e. The van der Waals surface area contributed by atoms with Gasteiger partial charge in [-0.25, -0.2) is 9.37 Å². The van der Waals surface area contributed by atoms with E-state index in [0.29, 0.717) is 45.8 Å². The number of pyridine rings is 1. The summed E-state index contributed by atoms with van der Waals surface area (Å²) in [5.41, 5.74) is 2.24. The number of carbonyl (C=O) groups excluding carboxylic acids is 4. The highest BCUT2D eigenvalue weighted by Gasteiger charge is 2.43. The number of anilines is 4. The van der Waals surface area contributed by atoms with Crippen molar-refractivity contribution in [3.8, 4) is 5.75 Å². The molecule has 0 radical (unpaired) electrons. The fourth-order valence-corrected chi connectivity index (χ4v) is 10.7. The number of piperazine rings is 1. The van der Waals surface area contributed by atoms with Gasteiger partial charge < -0.3 is 39.4 Å². The van der Waals surface area contributed by atoms with Crippen molar-refractivity contribution in [2.45, 2.75) is 95.3 Å². The minimum atomic E-state index is -0.772. The predicted molar refractivity (Wildman–Crippen MR) is 253 cm³/mol. The van der Waals surface area contributed by atoms with E-state index in [-0.39, 0.29) is 78.8 Å². The summed E-state index contributed by atoms with van der Waals surface area (Å²) in [4.78, 5) is 82.4. The van der Waals surface area contributed by atoms with Gasteiger partial charge in [0.2, 0.25) is 17.8 Å². The van der Waals surface area contributed by atoms with Gasteiger partial charge in [0.1, 0.15) is 11.1 Å². The molecule has 4 saturated heterocycles. The Labute approximate surface area is 398 Å². The maximum absolute atomic E-state index is 15.9. The third kappa shape index (κ3) is 8.96. The van der Waals surface area contributed by atoms with Crippen molar-refractivity contribution < 1.29 is 33.0 Å². The number of carbonyl (C=O) groups is 4. The second-order valence-corrected chi connectivity index (χ2v) is 19.4. The van der Waals surface area contributed by atoms with Crippen LogP contribution in [0.1, 0.15) is 74.3 Å². The maximum Gasteiger partial charge on any atom is 0.293 e. The Hall–Kier alpha value is -5.89. The molecule has 0 spiro atoms. The van der Waals surface area contributed by atoms with Crippen molar-refractivity contribution in [3.63, 3.8) is 0 Å². The number of rotatable bonds is 13. The Morgan fingerprint density at radius 1 is 0.926 bits per heavy atom. The third-order valence-electron chi connectivity index (χ3n) is 14.5. The molecule has 360 valence electrons. The summed E-state index contributed by atoms with van der Waals surface area (Å²) in [7, 11) is 1.51. The maximum atomic E-state index is 15.9. The van der Waals surface area contributed by atoms with E-state index in [1.54, 1.807) is 29.0 Å². The van der Waals surface area contributed by atoms with E-state index in [2.05, 4.69) is 35.6 Å². The molecule has 1 aliphatic carbocycles. The largest absolute Gasteiger partial charge is 0.478 e. The second-order valence-electron chi connectivity index (χ2n) is 19.0. The molecule has 7 heterocycles. The van der Waals surface area contributed by atoms with Gasteiger partial charge in [0.15, 0.2) is 24.0 Å². The molecule has 2 aromatic heterocycles. The molecule has 68 heavy (non-hydrogen) atoms. The molecule has 10 rings (SSSR count). The summed E-state index contributed by atoms with van der Waals surface area (Å²) in [5.74, 6) is -0.818.